The summed E-state index contributed by atoms with van der Waals surface area (Å²) in [6, 6.07) is 16.3. The van der Waals surface area contributed by atoms with Gasteiger partial charge in [-0.25, -0.2) is 13.1 Å². The number of sulfonamides is 1. The molecule has 0 aliphatic heterocycles. The lowest BCUT2D eigenvalue weighted by Crippen LogP contribution is -2.27. The molecule has 0 saturated heterocycles. The predicted molar refractivity (Wildman–Crippen MR) is 88.0 cm³/mol. The molecule has 0 fully saturated rings. The lowest BCUT2D eigenvalue weighted by Gasteiger charge is -2.13. The fourth-order valence-electron chi connectivity index (χ4n) is 2.20. The normalized spacial score (nSPS) is 13.0. The second kappa shape index (κ2) is 7.54. The highest BCUT2D eigenvalue weighted by atomic mass is 32.2. The zero-order valence-corrected chi connectivity index (χ0v) is 13.4. The van der Waals surface area contributed by atoms with Crippen molar-refractivity contribution in [3.8, 4) is 11.1 Å². The van der Waals surface area contributed by atoms with E-state index in [4.69, 9.17) is 0 Å². The minimum Gasteiger partial charge on any atom is -0.393 e. The Balaban J connectivity index is 2.25. The van der Waals surface area contributed by atoms with Gasteiger partial charge in [0.1, 0.15) is 0 Å². The van der Waals surface area contributed by atoms with Crippen LogP contribution >= 0.6 is 0 Å². The molecule has 5 heteroatoms. The van der Waals surface area contributed by atoms with Crippen LogP contribution in [0.1, 0.15) is 19.8 Å². The minimum atomic E-state index is -3.60. The van der Waals surface area contributed by atoms with Gasteiger partial charge in [0, 0.05) is 12.1 Å². The van der Waals surface area contributed by atoms with Gasteiger partial charge in [-0.1, -0.05) is 55.5 Å². The molecule has 0 radical (unpaired) electrons. The van der Waals surface area contributed by atoms with Crippen molar-refractivity contribution in [1.29, 1.82) is 0 Å². The zero-order chi connectivity index (χ0) is 16.0. The Morgan fingerprint density at radius 3 is 2.36 bits per heavy atom. The molecule has 4 nitrogen and oxygen atoms in total. The molecular formula is C17H21NO3S. The van der Waals surface area contributed by atoms with Crippen molar-refractivity contribution in [3.63, 3.8) is 0 Å². The van der Waals surface area contributed by atoms with Crippen molar-refractivity contribution < 1.29 is 13.5 Å². The van der Waals surface area contributed by atoms with Gasteiger partial charge >= 0.3 is 0 Å². The fourth-order valence-corrected chi connectivity index (χ4v) is 3.47. The quantitative estimate of drug-likeness (QED) is 0.824. The van der Waals surface area contributed by atoms with E-state index in [0.29, 0.717) is 18.4 Å². The first kappa shape index (κ1) is 16.7. The maximum atomic E-state index is 12.5. The van der Waals surface area contributed by atoms with Crippen molar-refractivity contribution >= 4 is 10.0 Å². The topological polar surface area (TPSA) is 66.4 Å². The Bertz CT molecular complexity index is 699. The maximum absolute atomic E-state index is 12.5. The standard InChI is InChI=1S/C17H21NO3S/c1-2-15(19)12-13-18-22(20,21)17-11-7-6-10-16(17)14-8-4-3-5-9-14/h3-11,15,18-19H,2,12-13H2,1H3. The molecule has 22 heavy (non-hydrogen) atoms. The second-order valence-electron chi connectivity index (χ2n) is 5.11. The SMILES string of the molecule is CCC(O)CCNS(=O)(=O)c1ccccc1-c1ccccc1. The van der Waals surface area contributed by atoms with Crippen molar-refractivity contribution in [1.82, 2.24) is 4.72 Å². The Morgan fingerprint density at radius 2 is 1.68 bits per heavy atom. The van der Waals surface area contributed by atoms with Gasteiger partial charge in [0.2, 0.25) is 10.0 Å². The molecule has 2 rings (SSSR count). The summed E-state index contributed by atoms with van der Waals surface area (Å²) in [6.45, 7) is 2.09. The van der Waals surface area contributed by atoms with E-state index in [0.717, 1.165) is 5.56 Å². The van der Waals surface area contributed by atoms with Crippen molar-refractivity contribution in [2.24, 2.45) is 0 Å². The Labute approximate surface area is 131 Å². The van der Waals surface area contributed by atoms with Gasteiger partial charge in [-0.2, -0.15) is 0 Å². The van der Waals surface area contributed by atoms with Crippen LogP contribution in [0.4, 0.5) is 0 Å². The molecule has 0 heterocycles. The third kappa shape index (κ3) is 4.16. The molecular weight excluding hydrogens is 298 g/mol. The molecule has 2 aromatic carbocycles. The first-order chi connectivity index (χ1) is 10.5. The molecule has 0 aliphatic carbocycles. The molecule has 2 aromatic rings. The van der Waals surface area contributed by atoms with Crippen LogP contribution in [0.25, 0.3) is 11.1 Å². The third-order valence-electron chi connectivity index (χ3n) is 3.50. The van der Waals surface area contributed by atoms with Gasteiger partial charge in [-0.15, -0.1) is 0 Å². The number of benzene rings is 2. The van der Waals surface area contributed by atoms with Crippen molar-refractivity contribution in [2.45, 2.75) is 30.8 Å². The van der Waals surface area contributed by atoms with Crippen LogP contribution < -0.4 is 4.72 Å². The van der Waals surface area contributed by atoms with Crippen LogP contribution in [0.2, 0.25) is 0 Å². The molecule has 0 aromatic heterocycles. The average Bonchev–Trinajstić information content (AvgIpc) is 2.55. The molecule has 0 bridgehead atoms. The molecule has 1 atom stereocenters. The van der Waals surface area contributed by atoms with Crippen LogP contribution in [0.15, 0.2) is 59.5 Å². The number of hydrogen-bond donors (Lipinski definition) is 2. The number of aliphatic hydroxyl groups is 1. The highest BCUT2D eigenvalue weighted by Crippen LogP contribution is 2.26. The van der Waals surface area contributed by atoms with E-state index < -0.39 is 16.1 Å². The molecule has 0 spiro atoms. The monoisotopic (exact) mass is 319 g/mol. The fraction of sp³-hybridized carbons (Fsp3) is 0.294. The van der Waals surface area contributed by atoms with Gasteiger partial charge in [-0.3, -0.25) is 0 Å². The van der Waals surface area contributed by atoms with Crippen LogP contribution in [0.5, 0.6) is 0 Å². The maximum Gasteiger partial charge on any atom is 0.241 e. The van der Waals surface area contributed by atoms with Crippen molar-refractivity contribution in [3.05, 3.63) is 54.6 Å². The molecule has 0 amide bonds. The summed E-state index contributed by atoms with van der Waals surface area (Å²) in [6.07, 6.45) is 0.540. The van der Waals surface area contributed by atoms with E-state index >= 15 is 0 Å². The summed E-state index contributed by atoms with van der Waals surface area (Å²) in [5.74, 6) is 0. The second-order valence-corrected chi connectivity index (χ2v) is 6.85. The highest BCUT2D eigenvalue weighted by molar-refractivity contribution is 7.89. The van der Waals surface area contributed by atoms with Gasteiger partial charge in [0.05, 0.1) is 11.0 Å². The first-order valence-corrected chi connectivity index (χ1v) is 8.85. The first-order valence-electron chi connectivity index (χ1n) is 7.36. The largest absolute Gasteiger partial charge is 0.393 e. The van der Waals surface area contributed by atoms with Crippen LogP contribution in [-0.4, -0.2) is 26.2 Å². The Hall–Kier alpha value is -1.69. The molecule has 1 unspecified atom stereocenters. The van der Waals surface area contributed by atoms with E-state index in [1.807, 2.05) is 43.3 Å². The van der Waals surface area contributed by atoms with Gasteiger partial charge in [0.15, 0.2) is 0 Å². The number of rotatable bonds is 7. The number of nitrogens with one attached hydrogen (secondary N) is 1. The van der Waals surface area contributed by atoms with Gasteiger partial charge in [-0.05, 0) is 24.5 Å². The molecule has 0 aliphatic rings. The van der Waals surface area contributed by atoms with E-state index in [9.17, 15) is 13.5 Å². The Kier molecular flexibility index (Phi) is 5.71. The third-order valence-corrected chi connectivity index (χ3v) is 5.02. The molecule has 2 N–H and O–H groups in total. The van der Waals surface area contributed by atoms with E-state index in [-0.39, 0.29) is 11.4 Å². The summed E-state index contributed by atoms with van der Waals surface area (Å²) in [5.41, 5.74) is 1.53. The summed E-state index contributed by atoms with van der Waals surface area (Å²) in [7, 11) is -3.60. The predicted octanol–water partition coefficient (Wildman–Crippen LogP) is 2.79. The number of aliphatic hydroxyl groups excluding tert-OH is 1. The summed E-state index contributed by atoms with van der Waals surface area (Å²) in [5, 5.41) is 9.52. The minimum absolute atomic E-state index is 0.223. The summed E-state index contributed by atoms with van der Waals surface area (Å²) < 4.78 is 27.6. The van der Waals surface area contributed by atoms with Crippen LogP contribution in [0.3, 0.4) is 0 Å². The van der Waals surface area contributed by atoms with Crippen molar-refractivity contribution in [2.75, 3.05) is 6.54 Å². The average molecular weight is 319 g/mol. The van der Waals surface area contributed by atoms with Crippen LogP contribution in [-0.2, 0) is 10.0 Å². The van der Waals surface area contributed by atoms with Crippen LogP contribution in [0, 0.1) is 0 Å². The summed E-state index contributed by atoms with van der Waals surface area (Å²) >= 11 is 0. The molecule has 0 saturated carbocycles. The van der Waals surface area contributed by atoms with E-state index in [1.165, 1.54) is 0 Å². The lowest BCUT2D eigenvalue weighted by atomic mass is 10.1. The molecule has 118 valence electrons. The number of hydrogen-bond acceptors (Lipinski definition) is 3. The smallest absolute Gasteiger partial charge is 0.241 e. The van der Waals surface area contributed by atoms with E-state index in [1.54, 1.807) is 18.2 Å². The van der Waals surface area contributed by atoms with E-state index in [2.05, 4.69) is 4.72 Å². The highest BCUT2D eigenvalue weighted by Gasteiger charge is 2.18. The summed E-state index contributed by atoms with van der Waals surface area (Å²) in [4.78, 5) is 0.257. The van der Waals surface area contributed by atoms with Gasteiger partial charge in [0.25, 0.3) is 0 Å². The lowest BCUT2D eigenvalue weighted by molar-refractivity contribution is 0.162. The Morgan fingerprint density at radius 1 is 1.05 bits per heavy atom. The van der Waals surface area contributed by atoms with Gasteiger partial charge < -0.3 is 5.11 Å². The zero-order valence-electron chi connectivity index (χ0n) is 12.6.